The number of ether oxygens (including phenoxy) is 1. The number of anilines is 1. The highest BCUT2D eigenvalue weighted by atomic mass is 16.5. The zero-order valence-electron chi connectivity index (χ0n) is 11.5. The summed E-state index contributed by atoms with van der Waals surface area (Å²) in [5.41, 5.74) is 6.45. The number of amides is 1. The van der Waals surface area contributed by atoms with Gasteiger partial charge in [-0.15, -0.1) is 0 Å². The number of methoxy groups -OCH3 is 1. The van der Waals surface area contributed by atoms with Crippen LogP contribution in [0.4, 0.5) is 5.69 Å². The van der Waals surface area contributed by atoms with Crippen LogP contribution in [0.2, 0.25) is 0 Å². The van der Waals surface area contributed by atoms with Gasteiger partial charge in [0.15, 0.2) is 0 Å². The van der Waals surface area contributed by atoms with E-state index in [1.165, 1.54) is 0 Å². The summed E-state index contributed by atoms with van der Waals surface area (Å²) in [5.74, 6) is 0.768. The molecule has 2 N–H and O–H groups in total. The Labute approximate surface area is 109 Å². The average Bonchev–Trinajstić information content (AvgIpc) is 2.38. The van der Waals surface area contributed by atoms with Crippen molar-refractivity contribution in [2.24, 2.45) is 17.6 Å². The second-order valence-corrected chi connectivity index (χ2v) is 4.66. The van der Waals surface area contributed by atoms with Crippen LogP contribution in [0, 0.1) is 11.8 Å². The predicted octanol–water partition coefficient (Wildman–Crippen LogP) is 1.89. The molecule has 4 heteroatoms. The third-order valence-corrected chi connectivity index (χ3v) is 3.15. The van der Waals surface area contributed by atoms with Gasteiger partial charge in [0.05, 0.1) is 18.7 Å². The minimum Gasteiger partial charge on any atom is -0.495 e. The van der Waals surface area contributed by atoms with Crippen LogP contribution >= 0.6 is 0 Å². The molecule has 0 saturated carbocycles. The lowest BCUT2D eigenvalue weighted by atomic mass is 9.94. The summed E-state index contributed by atoms with van der Waals surface area (Å²) < 4.78 is 5.27. The number of nitrogens with two attached hydrogens (primary N) is 1. The SMILES string of the molecule is COc1ccccc1N(C)C(=O)C(CN)C(C)C. The highest BCUT2D eigenvalue weighted by molar-refractivity contribution is 5.96. The van der Waals surface area contributed by atoms with Crippen molar-refractivity contribution in [2.75, 3.05) is 25.6 Å². The van der Waals surface area contributed by atoms with Crippen molar-refractivity contribution >= 4 is 11.6 Å². The van der Waals surface area contributed by atoms with Gasteiger partial charge in [0.1, 0.15) is 5.75 Å². The molecule has 0 aliphatic rings. The first kappa shape index (κ1) is 14.5. The topological polar surface area (TPSA) is 55.6 Å². The standard InChI is InChI=1S/C14H22N2O2/c1-10(2)11(9-15)14(17)16(3)12-7-5-6-8-13(12)18-4/h5-8,10-11H,9,15H2,1-4H3. The van der Waals surface area contributed by atoms with Crippen LogP contribution in [0.3, 0.4) is 0 Å². The molecule has 0 bridgehead atoms. The highest BCUT2D eigenvalue weighted by Crippen LogP contribution is 2.28. The Morgan fingerprint density at radius 1 is 1.39 bits per heavy atom. The lowest BCUT2D eigenvalue weighted by molar-refractivity contribution is -0.123. The molecule has 0 aliphatic heterocycles. The molecule has 1 atom stereocenters. The number of hydrogen-bond acceptors (Lipinski definition) is 3. The number of nitrogens with zero attached hydrogens (tertiary/aromatic N) is 1. The summed E-state index contributed by atoms with van der Waals surface area (Å²) in [5, 5.41) is 0. The quantitative estimate of drug-likeness (QED) is 0.868. The van der Waals surface area contributed by atoms with E-state index >= 15 is 0 Å². The molecule has 0 radical (unpaired) electrons. The number of hydrogen-bond donors (Lipinski definition) is 1. The van der Waals surface area contributed by atoms with Crippen molar-refractivity contribution < 1.29 is 9.53 Å². The van der Waals surface area contributed by atoms with Crippen LogP contribution in [-0.2, 0) is 4.79 Å². The molecule has 0 aliphatic carbocycles. The largest absolute Gasteiger partial charge is 0.495 e. The Balaban J connectivity index is 2.99. The fraction of sp³-hybridized carbons (Fsp3) is 0.500. The maximum Gasteiger partial charge on any atom is 0.231 e. The van der Waals surface area contributed by atoms with Crippen LogP contribution in [0.1, 0.15) is 13.8 Å². The van der Waals surface area contributed by atoms with Gasteiger partial charge in [0, 0.05) is 13.6 Å². The molecular formula is C14H22N2O2. The monoisotopic (exact) mass is 250 g/mol. The van der Waals surface area contributed by atoms with E-state index in [1.807, 2.05) is 38.1 Å². The highest BCUT2D eigenvalue weighted by Gasteiger charge is 2.25. The van der Waals surface area contributed by atoms with E-state index in [4.69, 9.17) is 10.5 Å². The normalized spacial score (nSPS) is 12.3. The van der Waals surface area contributed by atoms with Crippen molar-refractivity contribution in [2.45, 2.75) is 13.8 Å². The Morgan fingerprint density at radius 3 is 2.50 bits per heavy atom. The molecule has 1 rings (SSSR count). The van der Waals surface area contributed by atoms with Crippen molar-refractivity contribution in [1.29, 1.82) is 0 Å². The van der Waals surface area contributed by atoms with Crippen molar-refractivity contribution in [3.63, 3.8) is 0 Å². The third-order valence-electron chi connectivity index (χ3n) is 3.15. The minimum absolute atomic E-state index is 0.0250. The first-order valence-electron chi connectivity index (χ1n) is 6.13. The van der Waals surface area contributed by atoms with E-state index in [2.05, 4.69) is 0 Å². The molecule has 1 aromatic rings. The number of para-hydroxylation sites is 2. The summed E-state index contributed by atoms with van der Waals surface area (Å²) in [6.07, 6.45) is 0. The van der Waals surface area contributed by atoms with Gasteiger partial charge >= 0.3 is 0 Å². The van der Waals surface area contributed by atoms with Gasteiger partial charge in [0.2, 0.25) is 5.91 Å². The Bertz CT molecular complexity index is 405. The van der Waals surface area contributed by atoms with Crippen LogP contribution in [0.15, 0.2) is 24.3 Å². The molecule has 18 heavy (non-hydrogen) atoms. The van der Waals surface area contributed by atoms with Crippen LogP contribution < -0.4 is 15.4 Å². The van der Waals surface area contributed by atoms with Crippen molar-refractivity contribution in [3.05, 3.63) is 24.3 Å². The third kappa shape index (κ3) is 3.01. The molecule has 1 amide bonds. The molecule has 4 nitrogen and oxygen atoms in total. The van der Waals surface area contributed by atoms with Gasteiger partial charge in [-0.3, -0.25) is 4.79 Å². The molecule has 1 unspecified atom stereocenters. The van der Waals surface area contributed by atoms with Gasteiger partial charge in [0.25, 0.3) is 0 Å². The van der Waals surface area contributed by atoms with E-state index in [1.54, 1.807) is 19.1 Å². The summed E-state index contributed by atoms with van der Waals surface area (Å²) in [6.45, 7) is 4.37. The van der Waals surface area contributed by atoms with Gasteiger partial charge in [-0.1, -0.05) is 26.0 Å². The molecule has 0 fully saturated rings. The maximum atomic E-state index is 12.4. The fourth-order valence-corrected chi connectivity index (χ4v) is 1.93. The zero-order chi connectivity index (χ0) is 13.7. The first-order valence-corrected chi connectivity index (χ1v) is 6.13. The Morgan fingerprint density at radius 2 is 2.00 bits per heavy atom. The predicted molar refractivity (Wildman–Crippen MR) is 73.8 cm³/mol. The molecule has 0 heterocycles. The molecule has 100 valence electrons. The van der Waals surface area contributed by atoms with E-state index in [9.17, 15) is 4.79 Å². The lowest BCUT2D eigenvalue weighted by Crippen LogP contribution is -2.39. The molecule has 0 saturated heterocycles. The maximum absolute atomic E-state index is 12.4. The van der Waals surface area contributed by atoms with E-state index in [0.717, 1.165) is 5.69 Å². The van der Waals surface area contributed by atoms with E-state index in [0.29, 0.717) is 12.3 Å². The van der Waals surface area contributed by atoms with Crippen LogP contribution in [0.5, 0.6) is 5.75 Å². The summed E-state index contributed by atoms with van der Waals surface area (Å²) in [4.78, 5) is 14.0. The van der Waals surface area contributed by atoms with Gasteiger partial charge in [-0.25, -0.2) is 0 Å². The van der Waals surface area contributed by atoms with Crippen molar-refractivity contribution in [1.82, 2.24) is 0 Å². The summed E-state index contributed by atoms with van der Waals surface area (Å²) >= 11 is 0. The lowest BCUT2D eigenvalue weighted by Gasteiger charge is -2.26. The molecule has 0 aromatic heterocycles. The number of carbonyl (C=O) groups is 1. The number of rotatable bonds is 5. The summed E-state index contributed by atoms with van der Waals surface area (Å²) in [7, 11) is 3.35. The van der Waals surface area contributed by atoms with Crippen LogP contribution in [0.25, 0.3) is 0 Å². The number of benzene rings is 1. The fourth-order valence-electron chi connectivity index (χ4n) is 1.93. The van der Waals surface area contributed by atoms with Gasteiger partial charge in [-0.2, -0.15) is 0 Å². The second-order valence-electron chi connectivity index (χ2n) is 4.66. The van der Waals surface area contributed by atoms with Crippen LogP contribution in [-0.4, -0.2) is 26.6 Å². The minimum atomic E-state index is -0.167. The Hall–Kier alpha value is -1.55. The second kappa shape index (κ2) is 6.40. The molecule has 1 aromatic carbocycles. The molecular weight excluding hydrogens is 228 g/mol. The smallest absolute Gasteiger partial charge is 0.231 e. The first-order chi connectivity index (χ1) is 8.52. The molecule has 0 spiro atoms. The van der Waals surface area contributed by atoms with Gasteiger partial charge in [-0.05, 0) is 18.1 Å². The summed E-state index contributed by atoms with van der Waals surface area (Å²) in [6, 6.07) is 7.47. The number of carbonyl (C=O) groups excluding carboxylic acids is 1. The van der Waals surface area contributed by atoms with Crippen molar-refractivity contribution in [3.8, 4) is 5.75 Å². The van der Waals surface area contributed by atoms with E-state index < -0.39 is 0 Å². The van der Waals surface area contributed by atoms with E-state index in [-0.39, 0.29) is 17.7 Å². The Kier molecular flexibility index (Phi) is 5.16. The zero-order valence-corrected chi connectivity index (χ0v) is 11.5. The average molecular weight is 250 g/mol. The van der Waals surface area contributed by atoms with Gasteiger partial charge < -0.3 is 15.4 Å².